The van der Waals surface area contributed by atoms with Gasteiger partial charge in [0.15, 0.2) is 0 Å². The molecule has 8 heteroatoms. The Balaban J connectivity index is 1.92. The van der Waals surface area contributed by atoms with Crippen molar-refractivity contribution in [3.05, 3.63) is 88.5 Å². The highest BCUT2D eigenvalue weighted by atomic mass is 35.5. The van der Waals surface area contributed by atoms with E-state index in [1.165, 1.54) is 25.2 Å². The molecule has 0 aromatic heterocycles. The van der Waals surface area contributed by atoms with Crippen LogP contribution in [-0.2, 0) is 9.59 Å². The number of ether oxygens (including phenoxy) is 3. The SMILES string of the molecule is CCCOc1cccc(C2/C(=C(\O)c3ccc(OC)c(Cl)c3)C(=O)C(=O)N2c2cccc(OC)c2)c1. The second-order valence-corrected chi connectivity index (χ2v) is 8.55. The molecule has 1 N–H and O–H groups in total. The summed E-state index contributed by atoms with van der Waals surface area (Å²) in [7, 11) is 3.00. The van der Waals surface area contributed by atoms with Crippen molar-refractivity contribution in [2.24, 2.45) is 0 Å². The summed E-state index contributed by atoms with van der Waals surface area (Å²) < 4.78 is 16.3. The number of benzene rings is 3. The fourth-order valence-corrected chi connectivity index (χ4v) is 4.40. The number of carbonyl (C=O) groups excluding carboxylic acids is 2. The van der Waals surface area contributed by atoms with Crippen molar-refractivity contribution >= 4 is 34.7 Å². The fourth-order valence-electron chi connectivity index (χ4n) is 4.14. The van der Waals surface area contributed by atoms with E-state index < -0.39 is 17.7 Å². The number of aliphatic hydroxyl groups is 1. The minimum atomic E-state index is -0.914. The largest absolute Gasteiger partial charge is 0.507 e. The van der Waals surface area contributed by atoms with Gasteiger partial charge in [-0.3, -0.25) is 14.5 Å². The molecule has 0 spiro atoms. The van der Waals surface area contributed by atoms with Crippen LogP contribution in [0.4, 0.5) is 5.69 Å². The van der Waals surface area contributed by atoms with Crippen molar-refractivity contribution in [2.75, 3.05) is 25.7 Å². The lowest BCUT2D eigenvalue weighted by Gasteiger charge is -2.26. The molecule has 186 valence electrons. The molecule has 1 fully saturated rings. The minimum absolute atomic E-state index is 0.0586. The van der Waals surface area contributed by atoms with Crippen LogP contribution < -0.4 is 19.1 Å². The highest BCUT2D eigenvalue weighted by molar-refractivity contribution is 6.51. The molecular formula is C28H26ClNO6. The Kier molecular flexibility index (Phi) is 7.50. The first-order chi connectivity index (χ1) is 17.4. The summed E-state index contributed by atoms with van der Waals surface area (Å²) in [5, 5.41) is 11.6. The monoisotopic (exact) mass is 507 g/mol. The van der Waals surface area contributed by atoms with E-state index in [1.54, 1.807) is 60.7 Å². The molecule has 0 aliphatic carbocycles. The number of carbonyl (C=O) groups is 2. The van der Waals surface area contributed by atoms with Crippen LogP contribution in [0.25, 0.3) is 5.76 Å². The molecule has 4 rings (SSSR count). The van der Waals surface area contributed by atoms with Gasteiger partial charge in [0.1, 0.15) is 23.0 Å². The zero-order valence-electron chi connectivity index (χ0n) is 20.2. The van der Waals surface area contributed by atoms with Gasteiger partial charge in [0.25, 0.3) is 11.7 Å². The minimum Gasteiger partial charge on any atom is -0.507 e. The van der Waals surface area contributed by atoms with Crippen molar-refractivity contribution in [3.63, 3.8) is 0 Å². The van der Waals surface area contributed by atoms with Gasteiger partial charge >= 0.3 is 0 Å². The van der Waals surface area contributed by atoms with E-state index in [4.69, 9.17) is 25.8 Å². The van der Waals surface area contributed by atoms with Crippen molar-refractivity contribution in [2.45, 2.75) is 19.4 Å². The molecule has 1 amide bonds. The molecule has 0 bridgehead atoms. The zero-order chi connectivity index (χ0) is 25.8. The van der Waals surface area contributed by atoms with Gasteiger partial charge in [-0.15, -0.1) is 0 Å². The first-order valence-electron chi connectivity index (χ1n) is 11.4. The van der Waals surface area contributed by atoms with Gasteiger partial charge < -0.3 is 19.3 Å². The molecule has 1 aliphatic heterocycles. The van der Waals surface area contributed by atoms with E-state index >= 15 is 0 Å². The number of methoxy groups -OCH3 is 2. The third-order valence-electron chi connectivity index (χ3n) is 5.85. The van der Waals surface area contributed by atoms with E-state index in [9.17, 15) is 14.7 Å². The lowest BCUT2D eigenvalue weighted by molar-refractivity contribution is -0.132. The molecule has 3 aromatic rings. The molecule has 36 heavy (non-hydrogen) atoms. The molecule has 7 nitrogen and oxygen atoms in total. The second kappa shape index (κ2) is 10.7. The number of Topliss-reactive ketones (excluding diaryl/α,β-unsaturated/α-hetero) is 1. The fraction of sp³-hybridized carbons (Fsp3) is 0.214. The van der Waals surface area contributed by atoms with Crippen LogP contribution in [0.5, 0.6) is 17.2 Å². The van der Waals surface area contributed by atoms with Gasteiger partial charge in [-0.25, -0.2) is 0 Å². The molecule has 0 saturated carbocycles. The highest BCUT2D eigenvalue weighted by Gasteiger charge is 2.47. The molecule has 1 unspecified atom stereocenters. The van der Waals surface area contributed by atoms with Crippen molar-refractivity contribution in [1.82, 2.24) is 0 Å². The number of aliphatic hydroxyl groups excluding tert-OH is 1. The normalized spacial score (nSPS) is 16.8. The van der Waals surface area contributed by atoms with E-state index in [1.807, 2.05) is 6.92 Å². The number of hydrogen-bond donors (Lipinski definition) is 1. The van der Waals surface area contributed by atoms with Crippen LogP contribution in [0.3, 0.4) is 0 Å². The first kappa shape index (κ1) is 25.1. The third-order valence-corrected chi connectivity index (χ3v) is 6.14. The van der Waals surface area contributed by atoms with Crippen molar-refractivity contribution in [1.29, 1.82) is 0 Å². The van der Waals surface area contributed by atoms with E-state index in [0.717, 1.165) is 6.42 Å². The highest BCUT2D eigenvalue weighted by Crippen LogP contribution is 2.44. The lowest BCUT2D eigenvalue weighted by Crippen LogP contribution is -2.29. The zero-order valence-corrected chi connectivity index (χ0v) is 20.9. The maximum Gasteiger partial charge on any atom is 0.300 e. The predicted octanol–water partition coefficient (Wildman–Crippen LogP) is 5.77. The van der Waals surface area contributed by atoms with Crippen LogP contribution in [0, 0.1) is 0 Å². The van der Waals surface area contributed by atoms with Crippen LogP contribution in [0.1, 0.15) is 30.5 Å². The molecular weight excluding hydrogens is 482 g/mol. The van der Waals surface area contributed by atoms with Crippen LogP contribution >= 0.6 is 11.6 Å². The Hall–Kier alpha value is -3.97. The predicted molar refractivity (Wildman–Crippen MR) is 138 cm³/mol. The number of halogens is 1. The third kappa shape index (κ3) is 4.75. The van der Waals surface area contributed by atoms with Crippen molar-refractivity contribution in [3.8, 4) is 17.2 Å². The topological polar surface area (TPSA) is 85.3 Å². The van der Waals surface area contributed by atoms with Crippen molar-refractivity contribution < 1.29 is 28.9 Å². The van der Waals surface area contributed by atoms with E-state index in [-0.39, 0.29) is 21.9 Å². The van der Waals surface area contributed by atoms with E-state index in [2.05, 4.69) is 0 Å². The molecule has 0 radical (unpaired) electrons. The number of anilines is 1. The summed E-state index contributed by atoms with van der Waals surface area (Å²) >= 11 is 6.27. The van der Waals surface area contributed by atoms with Gasteiger partial charge in [0, 0.05) is 17.3 Å². The average molecular weight is 508 g/mol. The smallest absolute Gasteiger partial charge is 0.300 e. The number of ketones is 1. The summed E-state index contributed by atoms with van der Waals surface area (Å²) in [5.74, 6) is -0.384. The number of rotatable bonds is 8. The Morgan fingerprint density at radius 3 is 2.42 bits per heavy atom. The van der Waals surface area contributed by atoms with Crippen LogP contribution in [0.15, 0.2) is 72.3 Å². The Morgan fingerprint density at radius 2 is 1.72 bits per heavy atom. The van der Waals surface area contributed by atoms with Gasteiger partial charge in [-0.1, -0.05) is 36.7 Å². The maximum atomic E-state index is 13.4. The van der Waals surface area contributed by atoms with Gasteiger partial charge in [0.05, 0.1) is 37.5 Å². The van der Waals surface area contributed by atoms with Gasteiger partial charge in [-0.2, -0.15) is 0 Å². The Morgan fingerprint density at radius 1 is 0.972 bits per heavy atom. The first-order valence-corrected chi connectivity index (χ1v) is 11.8. The lowest BCUT2D eigenvalue weighted by atomic mass is 9.95. The maximum absolute atomic E-state index is 13.4. The number of amides is 1. The quantitative estimate of drug-likeness (QED) is 0.236. The molecule has 1 heterocycles. The average Bonchev–Trinajstić information content (AvgIpc) is 3.17. The standard InChI is InChI=1S/C28H26ClNO6/c1-4-13-36-21-10-5-7-17(14-21)25-24(26(31)18-11-12-23(35-3)22(29)15-18)27(32)28(33)30(25)19-8-6-9-20(16-19)34-2/h5-12,14-16,25,31H,4,13H2,1-3H3/b26-24+. The summed E-state index contributed by atoms with van der Waals surface area (Å²) in [6.45, 7) is 2.52. The number of nitrogens with zero attached hydrogens (tertiary/aromatic N) is 1. The summed E-state index contributed by atoms with van der Waals surface area (Å²) in [6.07, 6.45) is 0.824. The van der Waals surface area contributed by atoms with Crippen LogP contribution in [-0.4, -0.2) is 37.6 Å². The van der Waals surface area contributed by atoms with Crippen LogP contribution in [0.2, 0.25) is 5.02 Å². The Labute approximate surface area is 214 Å². The molecule has 1 saturated heterocycles. The summed E-state index contributed by atoms with van der Waals surface area (Å²) in [6, 6.07) is 17.8. The summed E-state index contributed by atoms with van der Waals surface area (Å²) in [5.41, 5.74) is 1.28. The van der Waals surface area contributed by atoms with Gasteiger partial charge in [0.2, 0.25) is 0 Å². The molecule has 1 aliphatic rings. The van der Waals surface area contributed by atoms with Gasteiger partial charge in [-0.05, 0) is 54.4 Å². The molecule has 1 atom stereocenters. The van der Waals surface area contributed by atoms with E-state index in [0.29, 0.717) is 35.1 Å². The second-order valence-electron chi connectivity index (χ2n) is 8.14. The number of hydrogen-bond acceptors (Lipinski definition) is 6. The molecule has 3 aromatic carbocycles. The Bertz CT molecular complexity index is 1340. The summed E-state index contributed by atoms with van der Waals surface area (Å²) in [4.78, 5) is 28.1.